The molecule has 0 spiro atoms. The van der Waals surface area contributed by atoms with Crippen molar-refractivity contribution in [2.45, 2.75) is 26.6 Å². The Labute approximate surface area is 176 Å². The van der Waals surface area contributed by atoms with Crippen LogP contribution in [0.1, 0.15) is 27.2 Å². The summed E-state index contributed by atoms with van der Waals surface area (Å²) in [6.07, 6.45) is -0.968. The normalized spacial score (nSPS) is 15.6. The zero-order valence-electron chi connectivity index (χ0n) is 16.9. The van der Waals surface area contributed by atoms with Crippen molar-refractivity contribution in [1.82, 2.24) is 20.2 Å². The van der Waals surface area contributed by atoms with Gasteiger partial charge in [0.05, 0.1) is 35.4 Å². The van der Waals surface area contributed by atoms with E-state index in [1.165, 1.54) is 10.6 Å². The first-order valence-electron chi connectivity index (χ1n) is 9.62. The SMILES string of the molecule is Cc1cc(OCc2c(F)cccc2F)n2nc(C)c(C(=O)NCC3CNC(=O)O3)c2c1. The quantitative estimate of drug-likeness (QED) is 0.627. The molecule has 1 aliphatic rings. The van der Waals surface area contributed by atoms with Crippen molar-refractivity contribution < 1.29 is 27.8 Å². The number of aryl methyl sites for hydroxylation is 2. The maximum Gasteiger partial charge on any atom is 0.407 e. The number of amides is 2. The van der Waals surface area contributed by atoms with Gasteiger partial charge < -0.3 is 20.1 Å². The van der Waals surface area contributed by atoms with Crippen molar-refractivity contribution in [1.29, 1.82) is 0 Å². The van der Waals surface area contributed by atoms with Crippen molar-refractivity contribution in [3.63, 3.8) is 0 Å². The third kappa shape index (κ3) is 4.14. The summed E-state index contributed by atoms with van der Waals surface area (Å²) in [5, 5.41) is 9.63. The number of rotatable bonds is 6. The minimum absolute atomic E-state index is 0.149. The van der Waals surface area contributed by atoms with Crippen molar-refractivity contribution in [3.8, 4) is 5.88 Å². The lowest BCUT2D eigenvalue weighted by Gasteiger charge is -2.11. The van der Waals surface area contributed by atoms with Crippen LogP contribution in [0.3, 0.4) is 0 Å². The zero-order valence-corrected chi connectivity index (χ0v) is 16.9. The molecule has 31 heavy (non-hydrogen) atoms. The molecule has 4 rings (SSSR count). The van der Waals surface area contributed by atoms with Crippen molar-refractivity contribution >= 4 is 17.5 Å². The number of halogens is 2. The molecule has 2 N–H and O–H groups in total. The molecule has 2 amide bonds. The number of aromatic nitrogens is 2. The fraction of sp³-hybridized carbons (Fsp3) is 0.286. The Morgan fingerprint density at radius 3 is 2.74 bits per heavy atom. The van der Waals surface area contributed by atoms with E-state index in [0.717, 1.165) is 17.7 Å². The van der Waals surface area contributed by atoms with Crippen LogP contribution in [0.5, 0.6) is 5.88 Å². The highest BCUT2D eigenvalue weighted by Gasteiger charge is 2.25. The van der Waals surface area contributed by atoms with E-state index in [2.05, 4.69) is 15.7 Å². The van der Waals surface area contributed by atoms with Crippen molar-refractivity contribution in [2.75, 3.05) is 13.1 Å². The fourth-order valence-corrected chi connectivity index (χ4v) is 3.40. The van der Waals surface area contributed by atoms with Crippen LogP contribution >= 0.6 is 0 Å². The van der Waals surface area contributed by atoms with Crippen LogP contribution in [0.2, 0.25) is 0 Å². The molecule has 3 heterocycles. The maximum absolute atomic E-state index is 13.9. The van der Waals surface area contributed by atoms with Gasteiger partial charge in [0.15, 0.2) is 0 Å². The summed E-state index contributed by atoms with van der Waals surface area (Å²) in [5.74, 6) is -1.55. The number of benzene rings is 1. The Morgan fingerprint density at radius 1 is 1.32 bits per heavy atom. The Bertz CT molecular complexity index is 1160. The summed E-state index contributed by atoms with van der Waals surface area (Å²) in [7, 11) is 0. The maximum atomic E-state index is 13.9. The molecule has 162 valence electrons. The Balaban J connectivity index is 1.59. The van der Waals surface area contributed by atoms with E-state index in [4.69, 9.17) is 9.47 Å². The molecular weight excluding hydrogens is 410 g/mol. The van der Waals surface area contributed by atoms with Gasteiger partial charge in [0, 0.05) is 6.07 Å². The van der Waals surface area contributed by atoms with Gasteiger partial charge in [0.25, 0.3) is 5.91 Å². The summed E-state index contributed by atoms with van der Waals surface area (Å²) in [6, 6.07) is 7.03. The van der Waals surface area contributed by atoms with E-state index >= 15 is 0 Å². The molecule has 1 unspecified atom stereocenters. The largest absolute Gasteiger partial charge is 0.473 e. The fourth-order valence-electron chi connectivity index (χ4n) is 3.40. The molecule has 1 saturated heterocycles. The number of pyridine rings is 1. The van der Waals surface area contributed by atoms with Crippen LogP contribution in [0.25, 0.3) is 5.52 Å². The molecule has 0 bridgehead atoms. The molecule has 1 aromatic carbocycles. The highest BCUT2D eigenvalue weighted by Crippen LogP contribution is 2.25. The number of ether oxygens (including phenoxy) is 2. The zero-order chi connectivity index (χ0) is 22.1. The lowest BCUT2D eigenvalue weighted by molar-refractivity contribution is 0.0917. The first-order valence-corrected chi connectivity index (χ1v) is 9.62. The number of hydrogen-bond acceptors (Lipinski definition) is 5. The molecule has 2 aromatic heterocycles. The van der Waals surface area contributed by atoms with Gasteiger partial charge in [-0.1, -0.05) is 6.07 Å². The van der Waals surface area contributed by atoms with Gasteiger partial charge in [0.1, 0.15) is 24.3 Å². The molecule has 0 saturated carbocycles. The van der Waals surface area contributed by atoms with Gasteiger partial charge in [-0.15, -0.1) is 0 Å². The average molecular weight is 430 g/mol. The van der Waals surface area contributed by atoms with Crippen LogP contribution in [-0.4, -0.2) is 40.8 Å². The molecular formula is C21H20F2N4O4. The monoisotopic (exact) mass is 430 g/mol. The summed E-state index contributed by atoms with van der Waals surface area (Å²) < 4.78 is 40.0. The number of carbonyl (C=O) groups is 2. The first kappa shape index (κ1) is 20.6. The number of carbonyl (C=O) groups excluding carboxylic acids is 2. The standard InChI is InChI=1S/C21H20F2N4O4/c1-11-6-17-19(20(28)24-8-13-9-25-21(29)31-13)12(2)26-27(17)18(7-11)30-10-14-15(22)4-3-5-16(14)23/h3-7,13H,8-10H2,1-2H3,(H,24,28)(H,25,29). The molecule has 3 aromatic rings. The van der Waals surface area contributed by atoms with E-state index in [1.807, 2.05) is 6.92 Å². The molecule has 0 aliphatic carbocycles. The summed E-state index contributed by atoms with van der Waals surface area (Å²) in [5.41, 5.74) is 1.85. The predicted octanol–water partition coefficient (Wildman–Crippen LogP) is 2.65. The summed E-state index contributed by atoms with van der Waals surface area (Å²) >= 11 is 0. The first-order chi connectivity index (χ1) is 14.8. The van der Waals surface area contributed by atoms with Gasteiger partial charge in [0.2, 0.25) is 5.88 Å². The van der Waals surface area contributed by atoms with Crippen LogP contribution in [0, 0.1) is 25.5 Å². The average Bonchev–Trinajstić information content (AvgIpc) is 3.28. The van der Waals surface area contributed by atoms with Crippen LogP contribution in [0.15, 0.2) is 30.3 Å². The van der Waals surface area contributed by atoms with E-state index in [0.29, 0.717) is 23.3 Å². The number of hydrogen-bond donors (Lipinski definition) is 2. The number of fused-ring (bicyclic) bond motifs is 1. The van der Waals surface area contributed by atoms with E-state index in [1.54, 1.807) is 19.1 Å². The van der Waals surface area contributed by atoms with Crippen LogP contribution < -0.4 is 15.4 Å². The second kappa shape index (κ2) is 8.21. The number of nitrogens with zero attached hydrogens (tertiary/aromatic N) is 2. The molecule has 0 radical (unpaired) electrons. The van der Waals surface area contributed by atoms with Gasteiger partial charge >= 0.3 is 6.09 Å². The molecule has 1 fully saturated rings. The molecule has 10 heteroatoms. The van der Waals surface area contributed by atoms with Gasteiger partial charge in [-0.25, -0.2) is 13.6 Å². The molecule has 8 nitrogen and oxygen atoms in total. The smallest absolute Gasteiger partial charge is 0.407 e. The summed E-state index contributed by atoms with van der Waals surface area (Å²) in [4.78, 5) is 23.9. The van der Waals surface area contributed by atoms with E-state index in [-0.39, 0.29) is 30.5 Å². The number of alkyl carbamates (subject to hydrolysis) is 1. The highest BCUT2D eigenvalue weighted by molar-refractivity contribution is 6.02. The van der Waals surface area contributed by atoms with E-state index in [9.17, 15) is 18.4 Å². The minimum Gasteiger partial charge on any atom is -0.473 e. The van der Waals surface area contributed by atoms with Crippen molar-refractivity contribution in [2.24, 2.45) is 0 Å². The van der Waals surface area contributed by atoms with Gasteiger partial charge in [-0.05, 0) is 37.6 Å². The van der Waals surface area contributed by atoms with E-state index < -0.39 is 23.8 Å². The Hall–Kier alpha value is -3.69. The van der Waals surface area contributed by atoms with Crippen LogP contribution in [-0.2, 0) is 11.3 Å². The second-order valence-corrected chi connectivity index (χ2v) is 7.24. The number of nitrogens with one attached hydrogen (secondary N) is 2. The molecule has 1 aliphatic heterocycles. The Kier molecular flexibility index (Phi) is 5.45. The van der Waals surface area contributed by atoms with Crippen molar-refractivity contribution in [3.05, 3.63) is 64.4 Å². The summed E-state index contributed by atoms with van der Waals surface area (Å²) in [6.45, 7) is 3.61. The third-order valence-electron chi connectivity index (χ3n) is 4.91. The van der Waals surface area contributed by atoms with Gasteiger partial charge in [-0.3, -0.25) is 4.79 Å². The Morgan fingerprint density at radius 2 is 2.06 bits per heavy atom. The lowest BCUT2D eigenvalue weighted by Crippen LogP contribution is -2.34. The second-order valence-electron chi connectivity index (χ2n) is 7.24. The molecule has 1 atom stereocenters. The third-order valence-corrected chi connectivity index (χ3v) is 4.91. The van der Waals surface area contributed by atoms with Crippen LogP contribution in [0.4, 0.5) is 13.6 Å². The topological polar surface area (TPSA) is 94.0 Å². The minimum atomic E-state index is -0.706. The highest BCUT2D eigenvalue weighted by atomic mass is 19.1. The van der Waals surface area contributed by atoms with Gasteiger partial charge in [-0.2, -0.15) is 9.61 Å². The number of cyclic esters (lactones) is 1. The lowest BCUT2D eigenvalue weighted by atomic mass is 10.1. The predicted molar refractivity (Wildman–Crippen MR) is 106 cm³/mol.